The summed E-state index contributed by atoms with van der Waals surface area (Å²) in [7, 11) is -3.73. The van der Waals surface area contributed by atoms with Crippen molar-refractivity contribution in [3.63, 3.8) is 0 Å². The Hall–Kier alpha value is 1.37. The van der Waals surface area contributed by atoms with Crippen LogP contribution in [-0.2, 0) is 13.6 Å². The molecule has 0 aliphatic rings. The molecule has 6 heteroatoms. The summed E-state index contributed by atoms with van der Waals surface area (Å²) in [5.74, 6) is 0. The first-order valence-electron chi connectivity index (χ1n) is 3.74. The summed E-state index contributed by atoms with van der Waals surface area (Å²) < 4.78 is 20.0. The zero-order valence-corrected chi connectivity index (χ0v) is 7.84. The molecule has 0 rings (SSSR count). The van der Waals surface area contributed by atoms with E-state index in [1.165, 1.54) is 0 Å². The second-order valence-corrected chi connectivity index (χ2v) is 3.59. The molecule has 0 saturated carbocycles. The monoisotopic (exact) mass is 224 g/mol. The molecule has 0 radical (unpaired) electrons. The molecule has 0 aromatic rings. The minimum atomic E-state index is -3.73. The summed E-state index contributed by atoms with van der Waals surface area (Å²) >= 11 is 0. The minimum absolute atomic E-state index is 0. The molecule has 0 atom stereocenters. The van der Waals surface area contributed by atoms with Gasteiger partial charge in [0.1, 0.15) is 0 Å². The third-order valence-corrected chi connectivity index (χ3v) is 1.93. The van der Waals surface area contributed by atoms with Crippen molar-refractivity contribution in [2.75, 3.05) is 13.2 Å². The van der Waals surface area contributed by atoms with E-state index in [0.717, 1.165) is 0 Å². The van der Waals surface area contributed by atoms with E-state index in [-0.39, 0.29) is 51.0 Å². The van der Waals surface area contributed by atoms with Gasteiger partial charge in [0, 0.05) is 0 Å². The van der Waals surface area contributed by atoms with E-state index < -0.39 is 7.82 Å². The van der Waals surface area contributed by atoms with Gasteiger partial charge in [0.05, 0.1) is 13.2 Å². The van der Waals surface area contributed by atoms with E-state index in [2.05, 4.69) is 9.05 Å². The van der Waals surface area contributed by atoms with Crippen molar-refractivity contribution in [1.82, 2.24) is 0 Å². The van der Waals surface area contributed by atoms with Gasteiger partial charge in [-0.05, 0) is 12.8 Å². The molecule has 0 amide bonds. The predicted molar refractivity (Wildman–Crippen MR) is 50.9 cm³/mol. The van der Waals surface area contributed by atoms with Crippen LogP contribution >= 0.6 is 7.82 Å². The van der Waals surface area contributed by atoms with Crippen LogP contribution in [0, 0.1) is 0 Å². The molecule has 0 saturated heterocycles. The number of phosphoric ester groups is 1. The van der Waals surface area contributed by atoms with Crippen molar-refractivity contribution in [2.45, 2.75) is 26.7 Å². The topological polar surface area (TPSA) is 55.8 Å². The molecule has 0 aromatic carbocycles. The van der Waals surface area contributed by atoms with E-state index in [1.807, 2.05) is 13.8 Å². The molecule has 12 heavy (non-hydrogen) atoms. The summed E-state index contributed by atoms with van der Waals surface area (Å²) in [5, 5.41) is 0. The molecule has 1 N–H and O–H groups in total. The van der Waals surface area contributed by atoms with Crippen molar-refractivity contribution in [1.29, 1.82) is 0 Å². The molecule has 4 nitrogen and oxygen atoms in total. The van der Waals surface area contributed by atoms with Gasteiger partial charge in [-0.15, -0.1) is 0 Å². The fourth-order valence-corrected chi connectivity index (χ4v) is 1.35. The van der Waals surface area contributed by atoms with Gasteiger partial charge < -0.3 is 4.89 Å². The van der Waals surface area contributed by atoms with Crippen LogP contribution in [0.4, 0.5) is 0 Å². The van der Waals surface area contributed by atoms with Crippen LogP contribution in [-0.4, -0.2) is 55.8 Å². The van der Waals surface area contributed by atoms with E-state index in [4.69, 9.17) is 4.89 Å². The molecule has 0 aromatic heterocycles. The number of phosphoric acid groups is 1. The molecule has 0 heterocycles. The van der Waals surface area contributed by atoms with Crippen LogP contribution in [0.25, 0.3) is 0 Å². The zero-order valence-electron chi connectivity index (χ0n) is 6.95. The van der Waals surface area contributed by atoms with Crippen molar-refractivity contribution in [2.24, 2.45) is 0 Å². The fourth-order valence-electron chi connectivity index (χ4n) is 0.451. The predicted octanol–water partition coefficient (Wildman–Crippen LogP) is 1.02. The Morgan fingerprint density at radius 2 is 1.50 bits per heavy atom. The third-order valence-electron chi connectivity index (χ3n) is 0.917. The standard InChI is InChI=1S/C6H15O4P.Ca.2H/c1-3-5-9-11(7,8)10-6-4-2;;;/h3-6H2,1-2H3,(H,7,8);;;. The summed E-state index contributed by atoms with van der Waals surface area (Å²) in [6.45, 7) is 4.24. The van der Waals surface area contributed by atoms with E-state index >= 15 is 0 Å². The molecular formula is C6H17CaO4P. The molecule has 0 unspecified atom stereocenters. The Balaban J connectivity index is 0. The van der Waals surface area contributed by atoms with Crippen molar-refractivity contribution < 1.29 is 18.5 Å². The Kier molecular flexibility index (Phi) is 11.8. The Labute approximate surface area is 103 Å². The Morgan fingerprint density at radius 3 is 1.75 bits per heavy atom. The molecule has 0 aliphatic heterocycles. The van der Waals surface area contributed by atoms with Crippen LogP contribution in [0.2, 0.25) is 0 Å². The maximum absolute atomic E-state index is 10.8. The number of hydrogen-bond acceptors (Lipinski definition) is 3. The quantitative estimate of drug-likeness (QED) is 0.540. The van der Waals surface area contributed by atoms with Gasteiger partial charge in [-0.3, -0.25) is 9.05 Å². The fraction of sp³-hybridized carbons (Fsp3) is 1.00. The molecule has 72 valence electrons. The van der Waals surface area contributed by atoms with Gasteiger partial charge in [0.15, 0.2) is 0 Å². The molecular weight excluding hydrogens is 207 g/mol. The van der Waals surface area contributed by atoms with Gasteiger partial charge >= 0.3 is 45.6 Å². The second-order valence-electron chi connectivity index (χ2n) is 2.14. The third kappa shape index (κ3) is 9.46. The first kappa shape index (κ1) is 15.8. The van der Waals surface area contributed by atoms with Gasteiger partial charge in [0.25, 0.3) is 0 Å². The molecule has 0 bridgehead atoms. The normalized spacial score (nSPS) is 10.9. The van der Waals surface area contributed by atoms with Crippen LogP contribution < -0.4 is 0 Å². The first-order valence-corrected chi connectivity index (χ1v) is 5.23. The number of rotatable bonds is 6. The van der Waals surface area contributed by atoms with Gasteiger partial charge in [0.2, 0.25) is 0 Å². The van der Waals surface area contributed by atoms with Crippen molar-refractivity contribution >= 4 is 45.6 Å². The Bertz CT molecular complexity index is 130. The number of hydrogen-bond donors (Lipinski definition) is 1. The summed E-state index contributed by atoms with van der Waals surface area (Å²) in [6, 6.07) is 0. The molecule has 0 aliphatic carbocycles. The SMILES string of the molecule is CCCOP(=O)(O)OCCC.[CaH2]. The molecule has 0 spiro atoms. The summed E-state index contributed by atoms with van der Waals surface area (Å²) in [5.41, 5.74) is 0. The summed E-state index contributed by atoms with van der Waals surface area (Å²) in [4.78, 5) is 8.89. The van der Waals surface area contributed by atoms with Gasteiger partial charge in [-0.2, -0.15) is 0 Å². The average Bonchev–Trinajstić information content (AvgIpc) is 1.97. The van der Waals surface area contributed by atoms with Gasteiger partial charge in [-0.25, -0.2) is 4.57 Å². The first-order chi connectivity index (χ1) is 5.12. The van der Waals surface area contributed by atoms with E-state index in [1.54, 1.807) is 0 Å². The van der Waals surface area contributed by atoms with E-state index in [9.17, 15) is 4.57 Å². The summed E-state index contributed by atoms with van der Waals surface area (Å²) in [6.07, 6.45) is 1.42. The van der Waals surface area contributed by atoms with Crippen LogP contribution in [0.15, 0.2) is 0 Å². The Morgan fingerprint density at radius 1 is 1.17 bits per heavy atom. The zero-order chi connectivity index (χ0) is 8.74. The van der Waals surface area contributed by atoms with Crippen LogP contribution in [0.1, 0.15) is 26.7 Å². The van der Waals surface area contributed by atoms with Crippen LogP contribution in [0.5, 0.6) is 0 Å². The second kappa shape index (κ2) is 8.95. The van der Waals surface area contributed by atoms with Crippen molar-refractivity contribution in [3.05, 3.63) is 0 Å². The van der Waals surface area contributed by atoms with Crippen molar-refractivity contribution in [3.8, 4) is 0 Å². The van der Waals surface area contributed by atoms with Gasteiger partial charge in [-0.1, -0.05) is 13.8 Å². The molecule has 0 fully saturated rings. The maximum atomic E-state index is 10.8. The van der Waals surface area contributed by atoms with Crippen LogP contribution in [0.3, 0.4) is 0 Å². The van der Waals surface area contributed by atoms with E-state index in [0.29, 0.717) is 12.8 Å². The average molecular weight is 224 g/mol.